The third kappa shape index (κ3) is 2.94. The summed E-state index contributed by atoms with van der Waals surface area (Å²) >= 11 is 0. The number of hydrogen-bond acceptors (Lipinski definition) is 3. The zero-order chi connectivity index (χ0) is 13.2. The van der Waals surface area contributed by atoms with E-state index >= 15 is 0 Å². The van der Waals surface area contributed by atoms with Gasteiger partial charge in [-0.3, -0.25) is 4.72 Å². The highest BCUT2D eigenvalue weighted by Gasteiger charge is 2.29. The van der Waals surface area contributed by atoms with Gasteiger partial charge in [0.25, 0.3) is 0 Å². The fraction of sp³-hybridized carbons (Fsp3) is 0.500. The lowest BCUT2D eigenvalue weighted by molar-refractivity contribution is 0.270. The van der Waals surface area contributed by atoms with Crippen LogP contribution in [0.1, 0.15) is 26.2 Å². The zero-order valence-electron chi connectivity index (χ0n) is 10.5. The normalized spacial score (nSPS) is 21.7. The lowest BCUT2D eigenvalue weighted by atomic mass is 10.1. The number of nitrogens with two attached hydrogens (primary N) is 1. The van der Waals surface area contributed by atoms with Crippen LogP contribution in [0, 0.1) is 0 Å². The molecule has 1 aliphatic heterocycles. The number of hydrogen-bond donors (Lipinski definition) is 2. The molecule has 1 aliphatic rings. The molecular formula is C12H19N3O2S. The SMILES string of the molecule is CC1CCCCN1S(=O)(=O)Nc1cccc(N)c1. The van der Waals surface area contributed by atoms with Crippen LogP contribution in [0.4, 0.5) is 11.4 Å². The van der Waals surface area contributed by atoms with Gasteiger partial charge in [0.15, 0.2) is 0 Å². The number of nitrogens with one attached hydrogen (secondary N) is 1. The lowest BCUT2D eigenvalue weighted by Crippen LogP contribution is -2.44. The summed E-state index contributed by atoms with van der Waals surface area (Å²) in [5.74, 6) is 0. The van der Waals surface area contributed by atoms with E-state index in [2.05, 4.69) is 4.72 Å². The molecule has 1 heterocycles. The van der Waals surface area contributed by atoms with Crippen LogP contribution in [0.2, 0.25) is 0 Å². The number of nitrogens with zero attached hydrogens (tertiary/aromatic N) is 1. The van der Waals surface area contributed by atoms with E-state index in [0.29, 0.717) is 17.9 Å². The molecule has 0 aromatic heterocycles. The number of piperidine rings is 1. The van der Waals surface area contributed by atoms with Gasteiger partial charge in [0.2, 0.25) is 0 Å². The van der Waals surface area contributed by atoms with E-state index in [1.807, 2.05) is 6.92 Å². The van der Waals surface area contributed by atoms with Gasteiger partial charge in [-0.2, -0.15) is 12.7 Å². The molecule has 3 N–H and O–H groups in total. The minimum atomic E-state index is -3.47. The van der Waals surface area contributed by atoms with Crippen molar-refractivity contribution in [2.24, 2.45) is 0 Å². The summed E-state index contributed by atoms with van der Waals surface area (Å²) < 4.78 is 28.6. The van der Waals surface area contributed by atoms with Crippen molar-refractivity contribution in [2.45, 2.75) is 32.2 Å². The molecule has 2 rings (SSSR count). The van der Waals surface area contributed by atoms with Crippen LogP contribution >= 0.6 is 0 Å². The second-order valence-electron chi connectivity index (χ2n) is 4.69. The topological polar surface area (TPSA) is 75.4 Å². The third-order valence-electron chi connectivity index (χ3n) is 3.18. The standard InChI is InChI=1S/C12H19N3O2S/c1-10-5-2-3-8-15(10)18(16,17)14-12-7-4-6-11(13)9-12/h4,6-7,9-10,14H,2-3,5,8,13H2,1H3. The van der Waals surface area contributed by atoms with E-state index in [4.69, 9.17) is 5.73 Å². The van der Waals surface area contributed by atoms with Crippen molar-refractivity contribution in [3.05, 3.63) is 24.3 Å². The highest BCUT2D eigenvalue weighted by Crippen LogP contribution is 2.22. The molecule has 0 saturated carbocycles. The Morgan fingerprint density at radius 2 is 2.17 bits per heavy atom. The van der Waals surface area contributed by atoms with Gasteiger partial charge in [-0.15, -0.1) is 0 Å². The number of anilines is 2. The number of benzene rings is 1. The van der Waals surface area contributed by atoms with Crippen molar-refractivity contribution in [1.82, 2.24) is 4.31 Å². The predicted octanol–water partition coefficient (Wildman–Crippen LogP) is 1.80. The second kappa shape index (κ2) is 5.16. The Bertz CT molecular complexity index is 516. The molecule has 1 aromatic carbocycles. The highest BCUT2D eigenvalue weighted by atomic mass is 32.2. The number of nitrogen functional groups attached to an aromatic ring is 1. The molecule has 0 bridgehead atoms. The first-order valence-corrected chi connectivity index (χ1v) is 7.58. The largest absolute Gasteiger partial charge is 0.399 e. The van der Waals surface area contributed by atoms with Crippen LogP contribution in [-0.4, -0.2) is 25.3 Å². The van der Waals surface area contributed by atoms with E-state index in [1.54, 1.807) is 24.3 Å². The van der Waals surface area contributed by atoms with Crippen molar-refractivity contribution in [1.29, 1.82) is 0 Å². The van der Waals surface area contributed by atoms with E-state index in [0.717, 1.165) is 19.3 Å². The van der Waals surface area contributed by atoms with Crippen molar-refractivity contribution in [2.75, 3.05) is 17.0 Å². The molecule has 6 heteroatoms. The first-order chi connectivity index (χ1) is 8.49. The van der Waals surface area contributed by atoms with Crippen molar-refractivity contribution in [3.8, 4) is 0 Å². The summed E-state index contributed by atoms with van der Waals surface area (Å²) in [5, 5.41) is 0. The predicted molar refractivity (Wildman–Crippen MR) is 73.4 cm³/mol. The Labute approximate surface area is 108 Å². The van der Waals surface area contributed by atoms with Crippen LogP contribution < -0.4 is 10.5 Å². The van der Waals surface area contributed by atoms with Gasteiger partial charge in [0.05, 0.1) is 5.69 Å². The summed E-state index contributed by atoms with van der Waals surface area (Å²) in [5.41, 5.74) is 6.69. The molecule has 1 atom stereocenters. The molecule has 1 fully saturated rings. The Hall–Kier alpha value is -1.27. The monoisotopic (exact) mass is 269 g/mol. The highest BCUT2D eigenvalue weighted by molar-refractivity contribution is 7.90. The average Bonchev–Trinajstić information content (AvgIpc) is 2.28. The molecule has 0 aliphatic carbocycles. The van der Waals surface area contributed by atoms with Crippen LogP contribution in [0.15, 0.2) is 24.3 Å². The van der Waals surface area contributed by atoms with Gasteiger partial charge in [-0.25, -0.2) is 0 Å². The van der Waals surface area contributed by atoms with Gasteiger partial charge >= 0.3 is 10.2 Å². The Morgan fingerprint density at radius 1 is 1.39 bits per heavy atom. The van der Waals surface area contributed by atoms with Crippen LogP contribution in [0.25, 0.3) is 0 Å². The van der Waals surface area contributed by atoms with Crippen LogP contribution in [0.5, 0.6) is 0 Å². The fourth-order valence-corrected chi connectivity index (χ4v) is 3.73. The van der Waals surface area contributed by atoms with E-state index in [1.165, 1.54) is 4.31 Å². The molecule has 100 valence electrons. The molecule has 1 aromatic rings. The smallest absolute Gasteiger partial charge is 0.301 e. The number of rotatable bonds is 3. The van der Waals surface area contributed by atoms with E-state index in [-0.39, 0.29) is 6.04 Å². The van der Waals surface area contributed by atoms with Gasteiger partial charge in [-0.1, -0.05) is 12.5 Å². The van der Waals surface area contributed by atoms with E-state index in [9.17, 15) is 8.42 Å². The van der Waals surface area contributed by atoms with Gasteiger partial charge in [0, 0.05) is 18.3 Å². The minimum absolute atomic E-state index is 0.0531. The van der Waals surface area contributed by atoms with Crippen LogP contribution in [-0.2, 0) is 10.2 Å². The Balaban J connectivity index is 2.16. The summed E-state index contributed by atoms with van der Waals surface area (Å²) in [7, 11) is -3.47. The second-order valence-corrected chi connectivity index (χ2v) is 6.31. The first kappa shape index (κ1) is 13.2. The zero-order valence-corrected chi connectivity index (χ0v) is 11.3. The third-order valence-corrected chi connectivity index (χ3v) is 4.84. The maximum absolute atomic E-state index is 12.3. The molecule has 0 spiro atoms. The fourth-order valence-electron chi connectivity index (χ4n) is 2.24. The minimum Gasteiger partial charge on any atom is -0.399 e. The Morgan fingerprint density at radius 3 is 2.83 bits per heavy atom. The summed E-state index contributed by atoms with van der Waals surface area (Å²) in [4.78, 5) is 0. The molecule has 18 heavy (non-hydrogen) atoms. The van der Waals surface area contributed by atoms with Gasteiger partial charge in [0.1, 0.15) is 0 Å². The quantitative estimate of drug-likeness (QED) is 0.822. The molecule has 1 unspecified atom stereocenters. The van der Waals surface area contributed by atoms with Crippen LogP contribution in [0.3, 0.4) is 0 Å². The molecule has 1 saturated heterocycles. The molecule has 0 amide bonds. The Kier molecular flexibility index (Phi) is 3.77. The van der Waals surface area contributed by atoms with Crippen molar-refractivity contribution >= 4 is 21.6 Å². The van der Waals surface area contributed by atoms with E-state index < -0.39 is 10.2 Å². The molecular weight excluding hydrogens is 250 g/mol. The molecule has 0 radical (unpaired) electrons. The average molecular weight is 269 g/mol. The maximum atomic E-state index is 12.3. The lowest BCUT2D eigenvalue weighted by Gasteiger charge is -2.32. The van der Waals surface area contributed by atoms with Crippen molar-refractivity contribution in [3.63, 3.8) is 0 Å². The summed E-state index contributed by atoms with van der Waals surface area (Å²) in [6, 6.07) is 6.82. The molecule has 5 nitrogen and oxygen atoms in total. The summed E-state index contributed by atoms with van der Waals surface area (Å²) in [6.07, 6.45) is 2.92. The maximum Gasteiger partial charge on any atom is 0.301 e. The van der Waals surface area contributed by atoms with Gasteiger partial charge < -0.3 is 5.73 Å². The summed E-state index contributed by atoms with van der Waals surface area (Å²) in [6.45, 7) is 2.52. The van der Waals surface area contributed by atoms with Gasteiger partial charge in [-0.05, 0) is 38.0 Å². The first-order valence-electron chi connectivity index (χ1n) is 6.14. The van der Waals surface area contributed by atoms with Crippen molar-refractivity contribution < 1.29 is 8.42 Å².